The van der Waals surface area contributed by atoms with Crippen molar-refractivity contribution in [3.05, 3.63) is 157 Å². The second-order valence-electron chi connectivity index (χ2n) is 8.13. The van der Waals surface area contributed by atoms with Gasteiger partial charge in [0, 0.05) is 9.77 Å². The Balaban J connectivity index is 1.86. The van der Waals surface area contributed by atoms with E-state index in [2.05, 4.69) is 152 Å². The third kappa shape index (κ3) is 4.32. The molecule has 0 bridgehead atoms. The molecule has 0 spiro atoms. The highest BCUT2D eigenvalue weighted by Gasteiger charge is 2.47. The Morgan fingerprint density at radius 2 is 0.727 bits per heavy atom. The smallest absolute Gasteiger partial charge is 0.120 e. The van der Waals surface area contributed by atoms with Gasteiger partial charge < -0.3 is 0 Å². The molecule has 160 valence electrons. The summed E-state index contributed by atoms with van der Waals surface area (Å²) >= 11 is 1.99. The molecule has 0 N–H and O–H groups in total. The van der Waals surface area contributed by atoms with Gasteiger partial charge in [-0.2, -0.15) is 0 Å². The van der Waals surface area contributed by atoms with Gasteiger partial charge in [0.2, 0.25) is 0 Å². The molecule has 0 heterocycles. The fourth-order valence-electron chi connectivity index (χ4n) is 4.73. The third-order valence-corrected chi connectivity index (χ3v) is 13.5. The maximum absolute atomic E-state index is 2.51. The fourth-order valence-corrected chi connectivity index (χ4v) is 12.7. The van der Waals surface area contributed by atoms with Crippen LogP contribution in [0.4, 0.5) is 0 Å². The van der Waals surface area contributed by atoms with Crippen molar-refractivity contribution in [1.29, 1.82) is 0 Å². The molecule has 0 aliphatic rings. The van der Waals surface area contributed by atoms with Gasteiger partial charge in [-0.15, -0.1) is 11.8 Å². The van der Waals surface area contributed by atoms with Crippen LogP contribution < -0.4 is 15.6 Å². The van der Waals surface area contributed by atoms with Crippen molar-refractivity contribution in [2.24, 2.45) is 0 Å². The van der Waals surface area contributed by atoms with Crippen LogP contribution in [-0.4, -0.2) is 8.07 Å². The minimum atomic E-state index is -2.51. The minimum absolute atomic E-state index is 0.258. The van der Waals surface area contributed by atoms with Gasteiger partial charge in [-0.3, -0.25) is 0 Å². The minimum Gasteiger partial charge on any atom is -0.120 e. The molecule has 0 aromatic heterocycles. The van der Waals surface area contributed by atoms with E-state index in [1.54, 1.807) is 0 Å². The van der Waals surface area contributed by atoms with Crippen LogP contribution in [0.15, 0.2) is 157 Å². The molecule has 0 aliphatic carbocycles. The molecule has 5 aromatic carbocycles. The Bertz CT molecular complexity index is 1160. The van der Waals surface area contributed by atoms with E-state index in [0.29, 0.717) is 0 Å². The normalized spacial score (nSPS) is 12.2. The van der Waals surface area contributed by atoms with E-state index in [4.69, 9.17) is 0 Å². The third-order valence-electron chi connectivity index (χ3n) is 6.18. The number of thioether (sulfide) groups is 1. The standard InChI is InChI=1S/C31H26SSi/c1-6-16-26(17-7-1)31(32-27-18-8-2-9-19-27)33(28-20-10-3-11-21-28,29-22-12-4-13-23-29)30-24-14-5-15-25-30/h1-25,31H. The molecule has 5 rings (SSSR count). The van der Waals surface area contributed by atoms with E-state index in [1.165, 1.54) is 26.0 Å². The summed E-state index contributed by atoms with van der Waals surface area (Å²) in [4.78, 5) is 1.55. The average molecular weight is 459 g/mol. The first-order valence-electron chi connectivity index (χ1n) is 11.3. The lowest BCUT2D eigenvalue weighted by Crippen LogP contribution is -2.70. The SMILES string of the molecule is c1ccc(SC(c2ccccc2)[Si](c2ccccc2)(c2ccccc2)c2ccccc2)cc1. The summed E-state index contributed by atoms with van der Waals surface area (Å²) in [6.45, 7) is 0. The highest BCUT2D eigenvalue weighted by Crippen LogP contribution is 2.41. The molecule has 0 amide bonds. The molecule has 1 unspecified atom stereocenters. The van der Waals surface area contributed by atoms with E-state index in [1.807, 2.05) is 11.8 Å². The number of benzene rings is 5. The first-order valence-corrected chi connectivity index (χ1v) is 14.3. The number of hydrogen-bond donors (Lipinski definition) is 0. The van der Waals surface area contributed by atoms with E-state index in [0.717, 1.165) is 0 Å². The maximum Gasteiger partial charge on any atom is 0.165 e. The van der Waals surface area contributed by atoms with Crippen LogP contribution in [0.3, 0.4) is 0 Å². The van der Waals surface area contributed by atoms with Crippen molar-refractivity contribution in [2.45, 2.75) is 9.77 Å². The molecule has 33 heavy (non-hydrogen) atoms. The molecule has 0 aliphatic heterocycles. The lowest BCUT2D eigenvalue weighted by atomic mass is 10.2. The van der Waals surface area contributed by atoms with Crippen LogP contribution in [0.2, 0.25) is 0 Å². The van der Waals surface area contributed by atoms with E-state index < -0.39 is 8.07 Å². The van der Waals surface area contributed by atoms with Crippen molar-refractivity contribution in [2.75, 3.05) is 0 Å². The Morgan fingerprint density at radius 3 is 1.12 bits per heavy atom. The van der Waals surface area contributed by atoms with Gasteiger partial charge in [-0.1, -0.05) is 140 Å². The first kappa shape index (κ1) is 21.5. The predicted molar refractivity (Wildman–Crippen MR) is 145 cm³/mol. The lowest BCUT2D eigenvalue weighted by molar-refractivity contribution is 1.29. The molecule has 1 atom stereocenters. The van der Waals surface area contributed by atoms with Crippen LogP contribution in [0, 0.1) is 0 Å². The van der Waals surface area contributed by atoms with Crippen molar-refractivity contribution in [3.8, 4) is 0 Å². The topological polar surface area (TPSA) is 0 Å². The van der Waals surface area contributed by atoms with E-state index >= 15 is 0 Å². The Labute approximate surface area is 202 Å². The zero-order chi connectivity index (χ0) is 22.3. The average Bonchev–Trinajstić information content (AvgIpc) is 2.91. The summed E-state index contributed by atoms with van der Waals surface area (Å²) in [5, 5.41) is 4.29. The zero-order valence-corrected chi connectivity index (χ0v) is 20.2. The molecule has 0 saturated heterocycles. The first-order chi connectivity index (χ1) is 16.4. The van der Waals surface area contributed by atoms with Crippen molar-refractivity contribution in [3.63, 3.8) is 0 Å². The van der Waals surface area contributed by atoms with Gasteiger partial charge in [-0.05, 0) is 33.3 Å². The molecule has 2 heteroatoms. The van der Waals surface area contributed by atoms with Gasteiger partial charge >= 0.3 is 0 Å². The van der Waals surface area contributed by atoms with Crippen LogP contribution in [0.25, 0.3) is 0 Å². The largest absolute Gasteiger partial charge is 0.165 e. The van der Waals surface area contributed by atoms with Crippen molar-refractivity contribution < 1.29 is 0 Å². The summed E-state index contributed by atoms with van der Waals surface area (Å²) in [6.07, 6.45) is 0. The quantitative estimate of drug-likeness (QED) is 0.158. The fraction of sp³-hybridized carbons (Fsp3) is 0.0323. The van der Waals surface area contributed by atoms with Crippen LogP contribution in [0.1, 0.15) is 10.4 Å². The predicted octanol–water partition coefficient (Wildman–Crippen LogP) is 6.23. The highest BCUT2D eigenvalue weighted by atomic mass is 32.2. The lowest BCUT2D eigenvalue weighted by Gasteiger charge is -2.40. The van der Waals surface area contributed by atoms with Crippen molar-refractivity contribution in [1.82, 2.24) is 0 Å². The summed E-state index contributed by atoms with van der Waals surface area (Å²) in [5.41, 5.74) is 1.37. The van der Waals surface area contributed by atoms with E-state index in [-0.39, 0.29) is 4.87 Å². The molecule has 0 fully saturated rings. The van der Waals surface area contributed by atoms with Gasteiger partial charge in [-0.25, -0.2) is 0 Å². The second kappa shape index (κ2) is 10.1. The molecule has 0 saturated carbocycles. The summed E-state index contributed by atoms with van der Waals surface area (Å²) in [6, 6.07) is 55.5. The maximum atomic E-state index is 2.34. The zero-order valence-electron chi connectivity index (χ0n) is 18.4. The molecule has 0 nitrogen and oxygen atoms in total. The van der Waals surface area contributed by atoms with Gasteiger partial charge in [0.1, 0.15) is 0 Å². The van der Waals surface area contributed by atoms with Crippen LogP contribution in [0.5, 0.6) is 0 Å². The monoisotopic (exact) mass is 458 g/mol. The molecular formula is C31H26SSi. The molecule has 5 aromatic rings. The Hall–Kier alpha value is -3.33. The van der Waals surface area contributed by atoms with Crippen molar-refractivity contribution >= 4 is 35.4 Å². The van der Waals surface area contributed by atoms with Gasteiger partial charge in [0.25, 0.3) is 0 Å². The van der Waals surface area contributed by atoms with Gasteiger partial charge in [0.05, 0.1) is 0 Å². The van der Waals surface area contributed by atoms with Crippen LogP contribution >= 0.6 is 11.8 Å². The second-order valence-corrected chi connectivity index (χ2v) is 13.7. The highest BCUT2D eigenvalue weighted by molar-refractivity contribution is 8.01. The Kier molecular flexibility index (Phi) is 6.57. The van der Waals surface area contributed by atoms with Gasteiger partial charge in [0.15, 0.2) is 8.07 Å². The summed E-state index contributed by atoms with van der Waals surface area (Å²) in [7, 11) is -2.51. The summed E-state index contributed by atoms with van der Waals surface area (Å²) < 4.78 is 0. The summed E-state index contributed by atoms with van der Waals surface area (Å²) in [5.74, 6) is 0. The number of hydrogen-bond acceptors (Lipinski definition) is 1. The van der Waals surface area contributed by atoms with Crippen LogP contribution in [-0.2, 0) is 0 Å². The molecule has 0 radical (unpaired) electrons. The Morgan fingerprint density at radius 1 is 0.394 bits per heavy atom. The molecular weight excluding hydrogens is 432 g/mol. The number of rotatable bonds is 7. The van der Waals surface area contributed by atoms with E-state index in [9.17, 15) is 0 Å².